The number of hydrogen-bond acceptors (Lipinski definition) is 4. The van der Waals surface area contributed by atoms with Gasteiger partial charge < -0.3 is 10.1 Å². The number of nitrogens with zero attached hydrogens (tertiary/aromatic N) is 1. The molecule has 0 aromatic rings. The van der Waals surface area contributed by atoms with E-state index in [2.05, 4.69) is 10.0 Å². The Bertz CT molecular complexity index is 421. The average molecular weight is 319 g/mol. The van der Waals surface area contributed by atoms with Gasteiger partial charge in [0.15, 0.2) is 0 Å². The van der Waals surface area contributed by atoms with E-state index in [1.165, 1.54) is 0 Å². The first kappa shape index (κ1) is 17.1. The van der Waals surface area contributed by atoms with Crippen LogP contribution >= 0.6 is 0 Å². The Morgan fingerprint density at radius 3 is 2.81 bits per heavy atom. The Morgan fingerprint density at radius 2 is 2.14 bits per heavy atom. The second-order valence-electron chi connectivity index (χ2n) is 6.30. The molecule has 0 radical (unpaired) electrons. The third-order valence-corrected chi connectivity index (χ3v) is 6.05. The van der Waals surface area contributed by atoms with Crippen LogP contribution in [-0.4, -0.2) is 57.2 Å². The van der Waals surface area contributed by atoms with Crippen molar-refractivity contribution in [2.75, 3.05) is 32.8 Å². The molecule has 0 aromatic carbocycles. The second kappa shape index (κ2) is 7.37. The van der Waals surface area contributed by atoms with E-state index in [-0.39, 0.29) is 11.6 Å². The Balaban J connectivity index is 1.95. The monoisotopic (exact) mass is 319 g/mol. The predicted molar refractivity (Wildman–Crippen MR) is 83.4 cm³/mol. The van der Waals surface area contributed by atoms with Crippen molar-refractivity contribution >= 4 is 10.2 Å². The summed E-state index contributed by atoms with van der Waals surface area (Å²) in [6, 6.07) is 0.0634. The molecule has 0 spiro atoms. The fraction of sp³-hybridized carbons (Fsp3) is 1.00. The fourth-order valence-electron chi connectivity index (χ4n) is 3.11. The number of nitrogens with one attached hydrogen (secondary N) is 2. The van der Waals surface area contributed by atoms with Crippen LogP contribution in [0.3, 0.4) is 0 Å². The van der Waals surface area contributed by atoms with Crippen LogP contribution in [0.25, 0.3) is 0 Å². The maximum atomic E-state index is 12.6. The van der Waals surface area contributed by atoms with Crippen LogP contribution in [0, 0.1) is 0 Å². The molecule has 2 fully saturated rings. The van der Waals surface area contributed by atoms with Crippen LogP contribution in [0.4, 0.5) is 0 Å². The summed E-state index contributed by atoms with van der Waals surface area (Å²) in [5.74, 6) is 0. The van der Waals surface area contributed by atoms with Gasteiger partial charge in [0.1, 0.15) is 0 Å². The summed E-state index contributed by atoms with van der Waals surface area (Å²) in [7, 11) is -3.43. The molecule has 7 heteroatoms. The van der Waals surface area contributed by atoms with Gasteiger partial charge in [-0.1, -0.05) is 13.3 Å². The second-order valence-corrected chi connectivity index (χ2v) is 8.00. The van der Waals surface area contributed by atoms with Crippen LogP contribution in [0.1, 0.15) is 46.0 Å². The van der Waals surface area contributed by atoms with E-state index < -0.39 is 10.2 Å². The summed E-state index contributed by atoms with van der Waals surface area (Å²) in [6.45, 7) is 7.32. The Kier molecular flexibility index (Phi) is 6.02. The van der Waals surface area contributed by atoms with E-state index in [1.54, 1.807) is 4.31 Å². The van der Waals surface area contributed by atoms with Gasteiger partial charge in [-0.05, 0) is 39.2 Å². The van der Waals surface area contributed by atoms with Crippen LogP contribution in [0.5, 0.6) is 0 Å². The van der Waals surface area contributed by atoms with Gasteiger partial charge in [-0.15, -0.1) is 0 Å². The van der Waals surface area contributed by atoms with Crippen molar-refractivity contribution in [1.29, 1.82) is 0 Å². The topological polar surface area (TPSA) is 70.7 Å². The molecule has 0 amide bonds. The molecule has 0 bridgehead atoms. The van der Waals surface area contributed by atoms with Crippen molar-refractivity contribution in [1.82, 2.24) is 14.3 Å². The van der Waals surface area contributed by atoms with Gasteiger partial charge >= 0.3 is 0 Å². The lowest BCUT2D eigenvalue weighted by Gasteiger charge is -2.35. The van der Waals surface area contributed by atoms with Gasteiger partial charge in [-0.2, -0.15) is 17.4 Å². The zero-order chi connectivity index (χ0) is 15.3. The van der Waals surface area contributed by atoms with Gasteiger partial charge in [0.25, 0.3) is 10.2 Å². The highest BCUT2D eigenvalue weighted by Gasteiger charge is 2.35. The van der Waals surface area contributed by atoms with Crippen molar-refractivity contribution in [3.63, 3.8) is 0 Å². The van der Waals surface area contributed by atoms with E-state index in [4.69, 9.17) is 4.74 Å². The molecule has 0 saturated carbocycles. The first-order valence-electron chi connectivity index (χ1n) is 8.08. The van der Waals surface area contributed by atoms with Gasteiger partial charge in [0.05, 0.1) is 5.60 Å². The lowest BCUT2D eigenvalue weighted by atomic mass is 10.0. The number of rotatable bonds is 7. The minimum Gasteiger partial charge on any atom is -0.374 e. The maximum Gasteiger partial charge on any atom is 0.279 e. The average Bonchev–Trinajstić information content (AvgIpc) is 2.91. The predicted octanol–water partition coefficient (Wildman–Crippen LogP) is 0.854. The van der Waals surface area contributed by atoms with Gasteiger partial charge in [0, 0.05) is 32.3 Å². The molecule has 21 heavy (non-hydrogen) atoms. The Hall–Kier alpha value is -0.210. The summed E-state index contributed by atoms with van der Waals surface area (Å²) < 4.78 is 35.2. The lowest BCUT2D eigenvalue weighted by Crippen LogP contribution is -2.54. The normalized spacial score (nSPS) is 31.6. The van der Waals surface area contributed by atoms with Crippen LogP contribution in [-0.2, 0) is 14.9 Å². The highest BCUT2D eigenvalue weighted by atomic mass is 32.2. The Labute approximate surface area is 128 Å². The van der Waals surface area contributed by atoms with Gasteiger partial charge in [-0.25, -0.2) is 0 Å². The van der Waals surface area contributed by atoms with E-state index in [1.807, 2.05) is 13.8 Å². The van der Waals surface area contributed by atoms with Crippen molar-refractivity contribution in [3.8, 4) is 0 Å². The third kappa shape index (κ3) is 4.63. The number of hydrogen-bond donors (Lipinski definition) is 2. The summed E-state index contributed by atoms with van der Waals surface area (Å²) in [4.78, 5) is 0. The van der Waals surface area contributed by atoms with Crippen molar-refractivity contribution in [2.45, 2.75) is 57.6 Å². The SMILES string of the molecule is CCNCC1CCCCN1S(=O)(=O)NCC1(C)CCCO1. The zero-order valence-corrected chi connectivity index (χ0v) is 14.0. The minimum absolute atomic E-state index is 0.0634. The third-order valence-electron chi connectivity index (χ3n) is 4.44. The highest BCUT2D eigenvalue weighted by Crippen LogP contribution is 2.25. The molecule has 6 nitrogen and oxygen atoms in total. The molecule has 124 valence electrons. The molecule has 0 aliphatic carbocycles. The standard InChI is InChI=1S/C14H29N3O3S/c1-3-15-11-13-7-4-5-9-17(13)21(18,19)16-12-14(2)8-6-10-20-14/h13,15-16H,3-12H2,1-2H3. The largest absolute Gasteiger partial charge is 0.374 e. The van der Waals surface area contributed by atoms with E-state index in [0.29, 0.717) is 13.1 Å². The van der Waals surface area contributed by atoms with Gasteiger partial charge in [-0.3, -0.25) is 0 Å². The van der Waals surface area contributed by atoms with E-state index in [9.17, 15) is 8.42 Å². The fourth-order valence-corrected chi connectivity index (χ4v) is 4.70. The van der Waals surface area contributed by atoms with Crippen LogP contribution < -0.4 is 10.0 Å². The first-order chi connectivity index (χ1) is 9.97. The first-order valence-corrected chi connectivity index (χ1v) is 9.52. The molecule has 2 saturated heterocycles. The molecule has 2 aliphatic rings. The molecule has 2 aliphatic heterocycles. The molecular formula is C14H29N3O3S. The molecular weight excluding hydrogens is 290 g/mol. The highest BCUT2D eigenvalue weighted by molar-refractivity contribution is 7.87. The summed E-state index contributed by atoms with van der Waals surface area (Å²) >= 11 is 0. The molecule has 2 unspecified atom stereocenters. The molecule has 2 rings (SSSR count). The summed E-state index contributed by atoms with van der Waals surface area (Å²) in [6.07, 6.45) is 4.89. The quantitative estimate of drug-likeness (QED) is 0.730. The van der Waals surface area contributed by atoms with Crippen molar-refractivity contribution < 1.29 is 13.2 Å². The molecule has 2 heterocycles. The number of likely N-dealkylation sites (N-methyl/N-ethyl adjacent to an activating group) is 1. The summed E-state index contributed by atoms with van der Waals surface area (Å²) in [5, 5.41) is 3.27. The van der Waals surface area contributed by atoms with E-state index >= 15 is 0 Å². The van der Waals surface area contributed by atoms with Crippen LogP contribution in [0.2, 0.25) is 0 Å². The summed E-state index contributed by atoms with van der Waals surface area (Å²) in [5.41, 5.74) is -0.347. The smallest absolute Gasteiger partial charge is 0.279 e. The molecule has 2 N–H and O–H groups in total. The lowest BCUT2D eigenvalue weighted by molar-refractivity contribution is 0.0246. The van der Waals surface area contributed by atoms with Crippen LogP contribution in [0.15, 0.2) is 0 Å². The Morgan fingerprint density at radius 1 is 1.33 bits per heavy atom. The minimum atomic E-state index is -3.43. The maximum absolute atomic E-state index is 12.6. The van der Waals surface area contributed by atoms with E-state index in [0.717, 1.165) is 51.8 Å². The van der Waals surface area contributed by atoms with Gasteiger partial charge in [0.2, 0.25) is 0 Å². The molecule has 2 atom stereocenters. The number of piperidine rings is 1. The van der Waals surface area contributed by atoms with Crippen molar-refractivity contribution in [3.05, 3.63) is 0 Å². The number of ether oxygens (including phenoxy) is 1. The zero-order valence-electron chi connectivity index (χ0n) is 13.2. The molecule has 0 aromatic heterocycles. The van der Waals surface area contributed by atoms with Crippen molar-refractivity contribution in [2.24, 2.45) is 0 Å².